The Morgan fingerprint density at radius 2 is 1.86 bits per heavy atom. The van der Waals surface area contributed by atoms with Crippen molar-refractivity contribution >= 4 is 41.8 Å². The van der Waals surface area contributed by atoms with Crippen LogP contribution < -0.4 is 10.6 Å². The molecule has 0 spiro atoms. The van der Waals surface area contributed by atoms with E-state index in [1.807, 2.05) is 12.1 Å². The fourth-order valence-corrected chi connectivity index (χ4v) is 4.61. The molecular weight excluding hydrogens is 471 g/mol. The van der Waals surface area contributed by atoms with Crippen LogP contribution in [0.3, 0.4) is 0 Å². The zero-order valence-electron chi connectivity index (χ0n) is 16.0. The standard InChI is InChI=1S/C20H26N4O3.HI/c1-21-20(23-9-7-15-4-2-11-27-15)22-8-3-10-24-18(25)16-13-5-6-14(12-13)17(16)19(24)26;/h2,4-6,11,13-14,16-17H,3,7-10,12H2,1H3,(H2,21,22,23);1H. The van der Waals surface area contributed by atoms with Crippen molar-refractivity contribution in [3.05, 3.63) is 36.3 Å². The van der Waals surface area contributed by atoms with E-state index in [4.69, 9.17) is 4.42 Å². The highest BCUT2D eigenvalue weighted by atomic mass is 127. The second-order valence-corrected chi connectivity index (χ2v) is 7.44. The van der Waals surface area contributed by atoms with E-state index in [0.29, 0.717) is 25.5 Å². The van der Waals surface area contributed by atoms with Gasteiger partial charge in [0.2, 0.25) is 11.8 Å². The Bertz CT molecular complexity index is 732. The van der Waals surface area contributed by atoms with Gasteiger partial charge in [-0.3, -0.25) is 19.5 Å². The highest BCUT2D eigenvalue weighted by Gasteiger charge is 2.58. The van der Waals surface area contributed by atoms with Gasteiger partial charge >= 0.3 is 0 Å². The number of imide groups is 1. The Balaban J connectivity index is 0.00000225. The van der Waals surface area contributed by atoms with E-state index in [1.165, 1.54) is 4.90 Å². The number of fused-ring (bicyclic) bond motifs is 5. The van der Waals surface area contributed by atoms with Crippen LogP contribution in [0.4, 0.5) is 0 Å². The number of likely N-dealkylation sites (tertiary alicyclic amines) is 1. The van der Waals surface area contributed by atoms with E-state index in [2.05, 4.69) is 27.8 Å². The van der Waals surface area contributed by atoms with Crippen molar-refractivity contribution in [2.75, 3.05) is 26.7 Å². The number of halogens is 1. The van der Waals surface area contributed by atoms with E-state index in [0.717, 1.165) is 25.1 Å². The second kappa shape index (κ2) is 9.11. The van der Waals surface area contributed by atoms with Gasteiger partial charge in [-0.05, 0) is 36.8 Å². The maximum absolute atomic E-state index is 12.6. The van der Waals surface area contributed by atoms with Crippen LogP contribution in [0.2, 0.25) is 0 Å². The van der Waals surface area contributed by atoms with Gasteiger partial charge in [-0.1, -0.05) is 12.2 Å². The molecule has 1 saturated carbocycles. The average Bonchev–Trinajstić information content (AvgIpc) is 3.44. The summed E-state index contributed by atoms with van der Waals surface area (Å²) in [6, 6.07) is 3.82. The Labute approximate surface area is 182 Å². The minimum absolute atomic E-state index is 0. The number of rotatable bonds is 7. The summed E-state index contributed by atoms with van der Waals surface area (Å²) in [4.78, 5) is 30.9. The van der Waals surface area contributed by atoms with Gasteiger partial charge in [-0.2, -0.15) is 0 Å². The van der Waals surface area contributed by atoms with Crippen LogP contribution in [0.5, 0.6) is 0 Å². The molecule has 2 fully saturated rings. The molecule has 2 N–H and O–H groups in total. The first-order valence-electron chi connectivity index (χ1n) is 9.69. The van der Waals surface area contributed by atoms with Crippen molar-refractivity contribution in [2.24, 2.45) is 28.7 Å². The molecule has 4 unspecified atom stereocenters. The molecular formula is C20H27IN4O3. The number of guanidine groups is 1. The molecule has 4 rings (SSSR count). The van der Waals surface area contributed by atoms with Crippen molar-refractivity contribution in [2.45, 2.75) is 19.3 Å². The lowest BCUT2D eigenvalue weighted by molar-refractivity contribution is -0.140. The number of aliphatic imine (C=N–C) groups is 1. The van der Waals surface area contributed by atoms with Crippen molar-refractivity contribution in [1.82, 2.24) is 15.5 Å². The number of carbonyl (C=O) groups is 2. The summed E-state index contributed by atoms with van der Waals surface area (Å²) in [6.45, 7) is 1.84. The molecule has 2 heterocycles. The number of nitrogens with zero attached hydrogens (tertiary/aromatic N) is 2. The van der Waals surface area contributed by atoms with Gasteiger partial charge in [0, 0.05) is 33.1 Å². The maximum atomic E-state index is 12.6. The Morgan fingerprint density at radius 3 is 2.46 bits per heavy atom. The quantitative estimate of drug-likeness (QED) is 0.150. The summed E-state index contributed by atoms with van der Waals surface area (Å²) in [5.74, 6) is 2.05. The SMILES string of the molecule is CN=C(NCCCN1C(=O)C2C3C=CC(C3)C2C1=O)NCCc1ccco1.I. The van der Waals surface area contributed by atoms with Gasteiger partial charge in [-0.15, -0.1) is 24.0 Å². The molecule has 7 nitrogen and oxygen atoms in total. The topological polar surface area (TPSA) is 86.9 Å². The summed E-state index contributed by atoms with van der Waals surface area (Å²) in [5.41, 5.74) is 0. The lowest BCUT2D eigenvalue weighted by Gasteiger charge is -2.18. The number of amides is 2. The zero-order valence-corrected chi connectivity index (χ0v) is 18.3. The molecule has 3 aliphatic rings. The Kier molecular flexibility index (Phi) is 6.79. The molecule has 2 bridgehead atoms. The largest absolute Gasteiger partial charge is 0.469 e. The van der Waals surface area contributed by atoms with E-state index in [-0.39, 0.29) is 59.5 Å². The van der Waals surface area contributed by atoms with Gasteiger partial charge in [0.15, 0.2) is 5.96 Å². The van der Waals surface area contributed by atoms with Gasteiger partial charge < -0.3 is 15.1 Å². The van der Waals surface area contributed by atoms with Crippen LogP contribution in [0.15, 0.2) is 40.0 Å². The van der Waals surface area contributed by atoms with Crippen molar-refractivity contribution < 1.29 is 14.0 Å². The van der Waals surface area contributed by atoms with Crippen LogP contribution in [-0.4, -0.2) is 49.4 Å². The van der Waals surface area contributed by atoms with Gasteiger partial charge in [0.25, 0.3) is 0 Å². The second-order valence-electron chi connectivity index (χ2n) is 7.44. The normalized spacial score (nSPS) is 27.9. The van der Waals surface area contributed by atoms with Crippen LogP contribution >= 0.6 is 24.0 Å². The third-order valence-electron chi connectivity index (χ3n) is 5.88. The number of carbonyl (C=O) groups excluding carboxylic acids is 2. The van der Waals surface area contributed by atoms with E-state index in [9.17, 15) is 9.59 Å². The number of allylic oxidation sites excluding steroid dienone is 2. The summed E-state index contributed by atoms with van der Waals surface area (Å²) < 4.78 is 5.30. The maximum Gasteiger partial charge on any atom is 0.233 e. The summed E-state index contributed by atoms with van der Waals surface area (Å²) in [7, 11) is 1.72. The minimum atomic E-state index is -0.100. The third-order valence-corrected chi connectivity index (χ3v) is 5.88. The molecule has 0 aromatic carbocycles. The molecule has 2 amide bonds. The lowest BCUT2D eigenvalue weighted by Crippen LogP contribution is -2.40. The van der Waals surface area contributed by atoms with Crippen LogP contribution in [0, 0.1) is 23.7 Å². The van der Waals surface area contributed by atoms with Crippen molar-refractivity contribution in [1.29, 1.82) is 0 Å². The smallest absolute Gasteiger partial charge is 0.233 e. The highest BCUT2D eigenvalue weighted by Crippen LogP contribution is 2.52. The molecule has 8 heteroatoms. The molecule has 0 radical (unpaired) electrons. The van der Waals surface area contributed by atoms with Crippen LogP contribution in [0.25, 0.3) is 0 Å². The zero-order chi connectivity index (χ0) is 18.8. The number of nitrogens with one attached hydrogen (secondary N) is 2. The van der Waals surface area contributed by atoms with Gasteiger partial charge in [0.1, 0.15) is 5.76 Å². The molecule has 1 aliphatic heterocycles. The predicted octanol–water partition coefficient (Wildman–Crippen LogP) is 1.80. The van der Waals surface area contributed by atoms with E-state index < -0.39 is 0 Å². The van der Waals surface area contributed by atoms with Crippen molar-refractivity contribution in [3.63, 3.8) is 0 Å². The molecule has 28 heavy (non-hydrogen) atoms. The van der Waals surface area contributed by atoms with E-state index in [1.54, 1.807) is 13.3 Å². The minimum Gasteiger partial charge on any atom is -0.469 e. The average molecular weight is 498 g/mol. The van der Waals surface area contributed by atoms with E-state index >= 15 is 0 Å². The molecule has 2 aliphatic carbocycles. The summed E-state index contributed by atoms with van der Waals surface area (Å²) in [6.07, 6.45) is 8.38. The first-order chi connectivity index (χ1) is 13.2. The molecule has 1 aromatic heterocycles. The number of hydrogen-bond donors (Lipinski definition) is 2. The lowest BCUT2D eigenvalue weighted by atomic mass is 9.85. The fraction of sp³-hybridized carbons (Fsp3) is 0.550. The predicted molar refractivity (Wildman–Crippen MR) is 116 cm³/mol. The third kappa shape index (κ3) is 3.97. The summed E-state index contributed by atoms with van der Waals surface area (Å²) >= 11 is 0. The van der Waals surface area contributed by atoms with Gasteiger partial charge in [-0.25, -0.2) is 0 Å². The highest BCUT2D eigenvalue weighted by molar-refractivity contribution is 14.0. The number of furan rings is 1. The fourth-order valence-electron chi connectivity index (χ4n) is 4.61. The van der Waals surface area contributed by atoms with Crippen molar-refractivity contribution in [3.8, 4) is 0 Å². The first-order valence-corrected chi connectivity index (χ1v) is 9.69. The van der Waals surface area contributed by atoms with Crippen LogP contribution in [-0.2, 0) is 16.0 Å². The molecule has 4 atom stereocenters. The Hall–Kier alpha value is -1.84. The van der Waals surface area contributed by atoms with Crippen LogP contribution in [0.1, 0.15) is 18.6 Å². The summed E-state index contributed by atoms with van der Waals surface area (Å²) in [5, 5.41) is 6.46. The number of hydrogen-bond acceptors (Lipinski definition) is 4. The molecule has 1 aromatic rings. The monoisotopic (exact) mass is 498 g/mol. The first kappa shape index (κ1) is 20.9. The molecule has 1 saturated heterocycles. The Morgan fingerprint density at radius 1 is 1.18 bits per heavy atom. The van der Waals surface area contributed by atoms with Gasteiger partial charge in [0.05, 0.1) is 18.1 Å². The molecule has 152 valence electrons.